The third-order valence-corrected chi connectivity index (χ3v) is 4.13. The van der Waals surface area contributed by atoms with Crippen LogP contribution in [0.4, 0.5) is 5.69 Å². The number of hydrogen-bond acceptors (Lipinski definition) is 4. The van der Waals surface area contributed by atoms with Crippen LogP contribution in [-0.4, -0.2) is 34.3 Å². The van der Waals surface area contributed by atoms with E-state index in [0.29, 0.717) is 22.6 Å². The summed E-state index contributed by atoms with van der Waals surface area (Å²) in [4.78, 5) is 37.6. The number of fused-ring (bicyclic) bond motifs is 1. The maximum absolute atomic E-state index is 12.2. The summed E-state index contributed by atoms with van der Waals surface area (Å²) in [5.41, 5.74) is 1.000. The van der Waals surface area contributed by atoms with Gasteiger partial charge in [-0.1, -0.05) is 23.7 Å². The zero-order valence-corrected chi connectivity index (χ0v) is 13.9. The topological polar surface area (TPSA) is 86.7 Å². The molecule has 0 saturated heterocycles. The van der Waals surface area contributed by atoms with Crippen LogP contribution in [0, 0.1) is 0 Å². The molecule has 1 heterocycles. The molecule has 0 bridgehead atoms. The highest BCUT2D eigenvalue weighted by Crippen LogP contribution is 2.27. The van der Waals surface area contributed by atoms with Crippen molar-refractivity contribution in [2.45, 2.75) is 12.8 Å². The Kier molecular flexibility index (Phi) is 4.72. The van der Waals surface area contributed by atoms with Crippen molar-refractivity contribution >= 4 is 35.0 Å². The van der Waals surface area contributed by atoms with Gasteiger partial charge in [-0.15, -0.1) is 0 Å². The van der Waals surface area contributed by atoms with Crippen LogP contribution < -0.4 is 5.32 Å². The van der Waals surface area contributed by atoms with E-state index in [9.17, 15) is 19.5 Å². The molecule has 1 aliphatic rings. The molecule has 0 unspecified atom stereocenters. The van der Waals surface area contributed by atoms with Crippen molar-refractivity contribution in [2.75, 3.05) is 11.9 Å². The van der Waals surface area contributed by atoms with Gasteiger partial charge in [-0.25, -0.2) is 0 Å². The van der Waals surface area contributed by atoms with Crippen molar-refractivity contribution in [2.24, 2.45) is 0 Å². The summed E-state index contributed by atoms with van der Waals surface area (Å²) in [6.07, 6.45) is 0.415. The van der Waals surface area contributed by atoms with Crippen LogP contribution in [0.2, 0.25) is 5.02 Å². The number of phenolic OH excluding ortho intramolecular Hbond substituents is 1. The Balaban J connectivity index is 1.55. The van der Waals surface area contributed by atoms with Crippen molar-refractivity contribution in [1.82, 2.24) is 4.90 Å². The van der Waals surface area contributed by atoms with Gasteiger partial charge in [0.1, 0.15) is 5.75 Å². The number of carbonyl (C=O) groups is 3. The van der Waals surface area contributed by atoms with Crippen LogP contribution in [0.15, 0.2) is 42.5 Å². The second kappa shape index (κ2) is 6.94. The molecule has 3 amide bonds. The van der Waals surface area contributed by atoms with Crippen molar-refractivity contribution < 1.29 is 19.5 Å². The summed E-state index contributed by atoms with van der Waals surface area (Å²) >= 11 is 5.82. The Labute approximate surface area is 149 Å². The number of anilines is 1. The van der Waals surface area contributed by atoms with E-state index in [2.05, 4.69) is 5.32 Å². The number of carbonyl (C=O) groups excluding carboxylic acids is 3. The van der Waals surface area contributed by atoms with Crippen molar-refractivity contribution in [3.63, 3.8) is 0 Å². The molecule has 128 valence electrons. The first kappa shape index (κ1) is 17.0. The first-order valence-corrected chi connectivity index (χ1v) is 8.09. The normalized spacial score (nSPS) is 13.1. The van der Waals surface area contributed by atoms with E-state index in [0.717, 1.165) is 4.90 Å². The van der Waals surface area contributed by atoms with Crippen LogP contribution in [0.25, 0.3) is 0 Å². The maximum Gasteiger partial charge on any atom is 0.261 e. The molecule has 0 aromatic heterocycles. The highest BCUT2D eigenvalue weighted by molar-refractivity contribution is 6.31. The zero-order valence-electron chi connectivity index (χ0n) is 13.2. The number of phenols is 1. The van der Waals surface area contributed by atoms with Gasteiger partial charge in [0.05, 0.1) is 16.8 Å². The second-order valence-corrected chi connectivity index (χ2v) is 6.06. The fourth-order valence-electron chi connectivity index (χ4n) is 2.66. The lowest BCUT2D eigenvalue weighted by Gasteiger charge is -2.13. The second-order valence-electron chi connectivity index (χ2n) is 5.62. The SMILES string of the molecule is O=C(CCCN1C(=O)c2ccccc2C1=O)Nc1cc(Cl)ccc1O. The number of nitrogens with one attached hydrogen (secondary N) is 1. The summed E-state index contributed by atoms with van der Waals surface area (Å²) < 4.78 is 0. The third kappa shape index (κ3) is 3.49. The number of aromatic hydroxyl groups is 1. The van der Waals surface area contributed by atoms with Crippen molar-refractivity contribution in [3.8, 4) is 5.75 Å². The van der Waals surface area contributed by atoms with Gasteiger partial charge in [0.15, 0.2) is 0 Å². The highest BCUT2D eigenvalue weighted by atomic mass is 35.5. The van der Waals surface area contributed by atoms with E-state index < -0.39 is 0 Å². The molecule has 0 atom stereocenters. The number of halogens is 1. The summed E-state index contributed by atoms with van der Waals surface area (Å²) in [5, 5.41) is 12.6. The van der Waals surface area contributed by atoms with E-state index in [4.69, 9.17) is 11.6 Å². The lowest BCUT2D eigenvalue weighted by Crippen LogP contribution is -2.31. The summed E-state index contributed by atoms with van der Waals surface area (Å²) in [6.45, 7) is 0.154. The summed E-state index contributed by atoms with van der Waals surface area (Å²) in [7, 11) is 0. The van der Waals surface area contributed by atoms with Gasteiger partial charge in [-0.05, 0) is 36.8 Å². The van der Waals surface area contributed by atoms with Crippen LogP contribution in [-0.2, 0) is 4.79 Å². The molecule has 2 aromatic rings. The van der Waals surface area contributed by atoms with E-state index in [-0.39, 0.29) is 42.1 Å². The summed E-state index contributed by atoms with van der Waals surface area (Å²) in [6, 6.07) is 11.0. The highest BCUT2D eigenvalue weighted by Gasteiger charge is 2.34. The number of hydrogen-bond donors (Lipinski definition) is 2. The fraction of sp³-hybridized carbons (Fsp3) is 0.167. The standard InChI is InChI=1S/C18H15ClN2O4/c19-11-7-8-15(22)14(10-11)20-16(23)6-3-9-21-17(24)12-4-1-2-5-13(12)18(21)25/h1-2,4-5,7-8,10,22H,3,6,9H2,(H,20,23). The molecule has 0 spiro atoms. The predicted molar refractivity (Wildman–Crippen MR) is 92.8 cm³/mol. The lowest BCUT2D eigenvalue weighted by molar-refractivity contribution is -0.116. The molecular formula is C18H15ClN2O4. The molecule has 2 N–H and O–H groups in total. The molecule has 7 heteroatoms. The number of rotatable bonds is 5. The Morgan fingerprint density at radius 3 is 2.36 bits per heavy atom. The van der Waals surface area contributed by atoms with E-state index in [1.165, 1.54) is 18.2 Å². The molecule has 0 radical (unpaired) electrons. The maximum atomic E-state index is 12.2. The molecule has 2 aromatic carbocycles. The van der Waals surface area contributed by atoms with Gasteiger partial charge in [0, 0.05) is 18.0 Å². The molecule has 1 aliphatic heterocycles. The van der Waals surface area contributed by atoms with Crippen molar-refractivity contribution in [3.05, 3.63) is 58.6 Å². The quantitative estimate of drug-likeness (QED) is 0.635. The van der Waals surface area contributed by atoms with Gasteiger partial charge >= 0.3 is 0 Å². The largest absolute Gasteiger partial charge is 0.506 e. The zero-order chi connectivity index (χ0) is 18.0. The number of imide groups is 1. The Morgan fingerprint density at radius 2 is 1.72 bits per heavy atom. The average Bonchev–Trinajstić information content (AvgIpc) is 2.83. The smallest absolute Gasteiger partial charge is 0.261 e. The monoisotopic (exact) mass is 358 g/mol. The van der Waals surface area contributed by atoms with Gasteiger partial charge in [0.25, 0.3) is 11.8 Å². The van der Waals surface area contributed by atoms with E-state index in [1.54, 1.807) is 24.3 Å². The third-order valence-electron chi connectivity index (χ3n) is 3.90. The molecule has 6 nitrogen and oxygen atoms in total. The minimum atomic E-state index is -0.339. The first-order valence-electron chi connectivity index (χ1n) is 7.71. The Bertz CT molecular complexity index is 831. The number of benzene rings is 2. The minimum absolute atomic E-state index is 0.0851. The van der Waals surface area contributed by atoms with Gasteiger partial charge in [0.2, 0.25) is 5.91 Å². The Morgan fingerprint density at radius 1 is 1.08 bits per heavy atom. The first-order chi connectivity index (χ1) is 12.0. The van der Waals surface area contributed by atoms with Crippen LogP contribution in [0.3, 0.4) is 0 Å². The minimum Gasteiger partial charge on any atom is -0.506 e. The van der Waals surface area contributed by atoms with E-state index >= 15 is 0 Å². The van der Waals surface area contributed by atoms with Crippen LogP contribution >= 0.6 is 11.6 Å². The van der Waals surface area contributed by atoms with Gasteiger partial charge in [-0.3, -0.25) is 19.3 Å². The predicted octanol–water partition coefficient (Wildman–Crippen LogP) is 3.06. The molecular weight excluding hydrogens is 344 g/mol. The van der Waals surface area contributed by atoms with Crippen LogP contribution in [0.5, 0.6) is 5.75 Å². The molecule has 25 heavy (non-hydrogen) atoms. The lowest BCUT2D eigenvalue weighted by atomic mass is 10.1. The molecule has 0 fully saturated rings. The van der Waals surface area contributed by atoms with E-state index in [1.807, 2.05) is 0 Å². The van der Waals surface area contributed by atoms with Gasteiger partial charge in [-0.2, -0.15) is 0 Å². The molecule has 3 rings (SSSR count). The average molecular weight is 359 g/mol. The number of amides is 3. The van der Waals surface area contributed by atoms with Crippen molar-refractivity contribution in [1.29, 1.82) is 0 Å². The molecule has 0 aliphatic carbocycles. The summed E-state index contributed by atoms with van der Waals surface area (Å²) in [5.74, 6) is -1.10. The fourth-order valence-corrected chi connectivity index (χ4v) is 2.83. The molecule has 0 saturated carbocycles. The van der Waals surface area contributed by atoms with Crippen LogP contribution in [0.1, 0.15) is 33.6 Å². The van der Waals surface area contributed by atoms with Gasteiger partial charge < -0.3 is 10.4 Å². The number of nitrogens with zero attached hydrogens (tertiary/aromatic N) is 1. The Hall–Kier alpha value is -2.86.